The van der Waals surface area contributed by atoms with Crippen molar-refractivity contribution in [3.63, 3.8) is 0 Å². The van der Waals surface area contributed by atoms with Crippen LogP contribution in [0.25, 0.3) is 0 Å². The fourth-order valence-corrected chi connectivity index (χ4v) is 1.88. The van der Waals surface area contributed by atoms with Crippen LogP contribution in [0.5, 0.6) is 5.75 Å². The van der Waals surface area contributed by atoms with Crippen LogP contribution in [0.3, 0.4) is 0 Å². The lowest BCUT2D eigenvalue weighted by molar-refractivity contribution is -0.384. The molecule has 0 heterocycles. The van der Waals surface area contributed by atoms with Gasteiger partial charge >= 0.3 is 0 Å². The molecule has 0 aromatic heterocycles. The van der Waals surface area contributed by atoms with Crippen LogP contribution in [0, 0.1) is 16.0 Å². The standard InChI is InChI=1S/C12H14ClNO3/c13-8-10-7-11(14(15)16)3-4-12(10)17-6-5-9-1-2-9/h3-4,7,9H,1-2,5-6,8H2. The second kappa shape index (κ2) is 5.36. The minimum atomic E-state index is -0.427. The first-order valence-corrected chi connectivity index (χ1v) is 6.20. The number of nitrogens with zero attached hydrogens (tertiary/aromatic N) is 1. The van der Waals surface area contributed by atoms with Gasteiger partial charge < -0.3 is 4.74 Å². The summed E-state index contributed by atoms with van der Waals surface area (Å²) in [5.74, 6) is 1.69. The van der Waals surface area contributed by atoms with Crippen LogP contribution in [0.4, 0.5) is 5.69 Å². The smallest absolute Gasteiger partial charge is 0.270 e. The molecule has 0 aliphatic heterocycles. The molecule has 0 saturated heterocycles. The molecule has 2 rings (SSSR count). The van der Waals surface area contributed by atoms with Crippen molar-refractivity contribution in [2.24, 2.45) is 5.92 Å². The molecule has 4 nitrogen and oxygen atoms in total. The van der Waals surface area contributed by atoms with Gasteiger partial charge in [-0.1, -0.05) is 12.8 Å². The highest BCUT2D eigenvalue weighted by atomic mass is 35.5. The Morgan fingerprint density at radius 2 is 2.24 bits per heavy atom. The van der Waals surface area contributed by atoms with Gasteiger partial charge in [0.15, 0.2) is 0 Å². The highest BCUT2D eigenvalue weighted by molar-refractivity contribution is 6.17. The molecule has 0 unspecified atom stereocenters. The first-order valence-electron chi connectivity index (χ1n) is 5.67. The highest BCUT2D eigenvalue weighted by Gasteiger charge is 2.21. The minimum Gasteiger partial charge on any atom is -0.493 e. The number of halogens is 1. The zero-order valence-corrected chi connectivity index (χ0v) is 10.2. The first-order chi connectivity index (χ1) is 8.20. The predicted octanol–water partition coefficient (Wildman–Crippen LogP) is 3.51. The Bertz CT molecular complexity index is 418. The molecule has 1 fully saturated rings. The van der Waals surface area contributed by atoms with Crippen LogP contribution in [0.2, 0.25) is 0 Å². The number of rotatable bonds is 6. The zero-order valence-electron chi connectivity index (χ0n) is 9.39. The fourth-order valence-electron chi connectivity index (χ4n) is 1.67. The third-order valence-electron chi connectivity index (χ3n) is 2.88. The molecule has 1 aliphatic rings. The number of hydrogen-bond donors (Lipinski definition) is 0. The molecule has 0 N–H and O–H groups in total. The molecule has 1 aromatic rings. The van der Waals surface area contributed by atoms with Crippen LogP contribution in [-0.4, -0.2) is 11.5 Å². The summed E-state index contributed by atoms with van der Waals surface area (Å²) in [6.07, 6.45) is 3.65. The lowest BCUT2D eigenvalue weighted by Gasteiger charge is -2.09. The van der Waals surface area contributed by atoms with Crippen LogP contribution >= 0.6 is 11.6 Å². The van der Waals surface area contributed by atoms with E-state index >= 15 is 0 Å². The number of non-ortho nitro benzene ring substituents is 1. The average molecular weight is 256 g/mol. The second-order valence-electron chi connectivity index (χ2n) is 4.26. The lowest BCUT2D eigenvalue weighted by atomic mass is 10.2. The van der Waals surface area contributed by atoms with Crippen LogP contribution in [-0.2, 0) is 5.88 Å². The summed E-state index contributed by atoms with van der Waals surface area (Å²) < 4.78 is 5.61. The molecule has 1 saturated carbocycles. The van der Waals surface area contributed by atoms with Gasteiger partial charge in [0.1, 0.15) is 5.75 Å². The van der Waals surface area contributed by atoms with E-state index in [-0.39, 0.29) is 11.6 Å². The van der Waals surface area contributed by atoms with E-state index in [1.807, 2.05) is 0 Å². The van der Waals surface area contributed by atoms with E-state index < -0.39 is 4.92 Å². The quantitative estimate of drug-likeness (QED) is 0.444. The molecule has 0 amide bonds. The van der Waals surface area contributed by atoms with Gasteiger partial charge in [-0.3, -0.25) is 10.1 Å². The zero-order chi connectivity index (χ0) is 12.3. The van der Waals surface area contributed by atoms with E-state index in [1.54, 1.807) is 6.07 Å². The molecular formula is C12H14ClNO3. The van der Waals surface area contributed by atoms with Gasteiger partial charge in [0.2, 0.25) is 0 Å². The minimum absolute atomic E-state index is 0.0511. The van der Waals surface area contributed by atoms with Crippen LogP contribution in [0.1, 0.15) is 24.8 Å². The second-order valence-corrected chi connectivity index (χ2v) is 4.53. The predicted molar refractivity (Wildman–Crippen MR) is 65.5 cm³/mol. The van der Waals surface area contributed by atoms with Crippen molar-refractivity contribution in [3.05, 3.63) is 33.9 Å². The molecule has 1 aromatic carbocycles. The molecule has 5 heteroatoms. The van der Waals surface area contributed by atoms with Gasteiger partial charge in [-0.05, 0) is 18.4 Å². The number of nitro benzene ring substituents is 1. The van der Waals surface area contributed by atoms with Gasteiger partial charge in [-0.2, -0.15) is 0 Å². The van der Waals surface area contributed by atoms with Crippen molar-refractivity contribution in [1.29, 1.82) is 0 Å². The van der Waals surface area contributed by atoms with E-state index in [1.165, 1.54) is 25.0 Å². The van der Waals surface area contributed by atoms with Gasteiger partial charge in [0.25, 0.3) is 5.69 Å². The molecule has 0 atom stereocenters. The van der Waals surface area contributed by atoms with Crippen LogP contribution < -0.4 is 4.74 Å². The molecule has 0 bridgehead atoms. The fraction of sp³-hybridized carbons (Fsp3) is 0.500. The molecule has 17 heavy (non-hydrogen) atoms. The van der Waals surface area contributed by atoms with E-state index in [0.717, 1.165) is 12.3 Å². The van der Waals surface area contributed by atoms with Crippen molar-refractivity contribution < 1.29 is 9.66 Å². The SMILES string of the molecule is O=[N+]([O-])c1ccc(OCCC2CC2)c(CCl)c1. The topological polar surface area (TPSA) is 52.4 Å². The summed E-state index contributed by atoms with van der Waals surface area (Å²) in [5, 5.41) is 10.6. The van der Waals surface area contributed by atoms with Crippen molar-refractivity contribution in [3.8, 4) is 5.75 Å². The third kappa shape index (κ3) is 3.33. The molecule has 1 aliphatic carbocycles. The van der Waals surface area contributed by atoms with E-state index in [9.17, 15) is 10.1 Å². The summed E-state index contributed by atoms with van der Waals surface area (Å²) >= 11 is 5.76. The number of hydrogen-bond acceptors (Lipinski definition) is 3. The maximum Gasteiger partial charge on any atom is 0.270 e. The summed E-state index contributed by atoms with van der Waals surface area (Å²) in [6, 6.07) is 4.55. The Labute approximate surface area is 105 Å². The third-order valence-corrected chi connectivity index (χ3v) is 3.17. The monoisotopic (exact) mass is 255 g/mol. The van der Waals surface area contributed by atoms with Crippen molar-refractivity contribution >= 4 is 17.3 Å². The van der Waals surface area contributed by atoms with Gasteiger partial charge in [-0.25, -0.2) is 0 Å². The Kier molecular flexibility index (Phi) is 3.84. The van der Waals surface area contributed by atoms with Gasteiger partial charge in [0, 0.05) is 17.7 Å². The van der Waals surface area contributed by atoms with E-state index in [0.29, 0.717) is 17.9 Å². The van der Waals surface area contributed by atoms with Gasteiger partial charge in [-0.15, -0.1) is 11.6 Å². The molecule has 0 radical (unpaired) electrons. The summed E-state index contributed by atoms with van der Waals surface area (Å²) in [5.41, 5.74) is 0.729. The Morgan fingerprint density at radius 1 is 1.47 bits per heavy atom. The Hall–Kier alpha value is -1.29. The van der Waals surface area contributed by atoms with Crippen LogP contribution in [0.15, 0.2) is 18.2 Å². The maximum atomic E-state index is 10.6. The number of alkyl halides is 1. The first kappa shape index (κ1) is 12.2. The Balaban J connectivity index is 2.01. The number of ether oxygens (including phenoxy) is 1. The normalized spacial score (nSPS) is 14.6. The van der Waals surface area contributed by atoms with Crippen molar-refractivity contribution in [1.82, 2.24) is 0 Å². The Morgan fingerprint density at radius 3 is 2.82 bits per heavy atom. The number of nitro groups is 1. The lowest BCUT2D eigenvalue weighted by Crippen LogP contribution is -2.01. The summed E-state index contributed by atoms with van der Waals surface area (Å²) in [7, 11) is 0. The van der Waals surface area contributed by atoms with E-state index in [2.05, 4.69) is 0 Å². The highest BCUT2D eigenvalue weighted by Crippen LogP contribution is 2.33. The molecule has 0 spiro atoms. The van der Waals surface area contributed by atoms with Crippen molar-refractivity contribution in [2.45, 2.75) is 25.1 Å². The average Bonchev–Trinajstić information content (AvgIpc) is 3.13. The number of benzene rings is 1. The van der Waals surface area contributed by atoms with Gasteiger partial charge in [0.05, 0.1) is 17.4 Å². The maximum absolute atomic E-state index is 10.6. The van der Waals surface area contributed by atoms with E-state index in [4.69, 9.17) is 16.3 Å². The summed E-state index contributed by atoms with van der Waals surface area (Å²) in [4.78, 5) is 10.2. The summed E-state index contributed by atoms with van der Waals surface area (Å²) in [6.45, 7) is 0.659. The van der Waals surface area contributed by atoms with Crippen molar-refractivity contribution in [2.75, 3.05) is 6.61 Å². The molecular weight excluding hydrogens is 242 g/mol. The largest absolute Gasteiger partial charge is 0.493 e. The molecule has 92 valence electrons.